The van der Waals surface area contributed by atoms with Gasteiger partial charge in [-0.2, -0.15) is 0 Å². The Morgan fingerprint density at radius 2 is 2.10 bits per heavy atom. The second-order valence-electron chi connectivity index (χ2n) is 5.01. The number of hydrogen-bond acceptors (Lipinski definition) is 3. The van der Waals surface area contributed by atoms with Gasteiger partial charge >= 0.3 is 0 Å². The number of aliphatic hydroxyl groups excluding tert-OH is 1. The van der Waals surface area contributed by atoms with Crippen molar-refractivity contribution in [2.75, 3.05) is 18.9 Å². The van der Waals surface area contributed by atoms with Gasteiger partial charge < -0.3 is 15.7 Å². The number of nitrogen functional groups attached to an aromatic ring is 1. The van der Waals surface area contributed by atoms with Crippen LogP contribution in [-0.4, -0.2) is 35.1 Å². The lowest BCUT2D eigenvalue weighted by Gasteiger charge is -2.29. The van der Waals surface area contributed by atoms with Crippen LogP contribution < -0.4 is 5.73 Å². The molecule has 1 aromatic carbocycles. The molecular formula is C14H18BrFN2O2. The number of aliphatic hydroxyl groups is 1. The van der Waals surface area contributed by atoms with Crippen LogP contribution in [-0.2, 0) is 0 Å². The van der Waals surface area contributed by atoms with Gasteiger partial charge in [-0.05, 0) is 40.9 Å². The second kappa shape index (κ2) is 6.54. The highest BCUT2D eigenvalue weighted by Crippen LogP contribution is 2.28. The minimum Gasteiger partial charge on any atom is -0.396 e. The van der Waals surface area contributed by atoms with Crippen LogP contribution in [0.4, 0.5) is 10.1 Å². The van der Waals surface area contributed by atoms with Crippen molar-refractivity contribution in [2.45, 2.75) is 31.7 Å². The summed E-state index contributed by atoms with van der Waals surface area (Å²) in [6.07, 6.45) is 4.07. The maximum absolute atomic E-state index is 13.4. The molecule has 6 heteroatoms. The van der Waals surface area contributed by atoms with E-state index in [-0.39, 0.29) is 30.8 Å². The fourth-order valence-corrected chi connectivity index (χ4v) is 3.14. The normalized spacial score (nSPS) is 15.6. The summed E-state index contributed by atoms with van der Waals surface area (Å²) in [5.41, 5.74) is 5.83. The standard InChI is InChI=1S/C14H18BrFN2O2/c15-11-8-12(16)13(17)7-10(11)14(20)18(5-6-19)9-3-1-2-4-9/h7-9,19H,1-6,17H2. The molecule has 0 radical (unpaired) electrons. The van der Waals surface area contributed by atoms with Crippen molar-refractivity contribution in [3.05, 3.63) is 28.0 Å². The Kier molecular flexibility index (Phi) is 4.99. The SMILES string of the molecule is Nc1cc(C(=O)N(CCO)C2CCCC2)c(Br)cc1F. The molecule has 0 saturated heterocycles. The van der Waals surface area contributed by atoms with Gasteiger partial charge in [0.05, 0.1) is 17.9 Å². The second-order valence-corrected chi connectivity index (χ2v) is 5.87. The molecule has 3 N–H and O–H groups in total. The van der Waals surface area contributed by atoms with Crippen molar-refractivity contribution < 1.29 is 14.3 Å². The van der Waals surface area contributed by atoms with Crippen LogP contribution >= 0.6 is 15.9 Å². The highest BCUT2D eigenvalue weighted by atomic mass is 79.9. The fraction of sp³-hybridized carbons (Fsp3) is 0.500. The monoisotopic (exact) mass is 344 g/mol. The highest BCUT2D eigenvalue weighted by molar-refractivity contribution is 9.10. The molecule has 0 atom stereocenters. The Hall–Kier alpha value is -1.14. The smallest absolute Gasteiger partial charge is 0.255 e. The highest BCUT2D eigenvalue weighted by Gasteiger charge is 2.28. The molecule has 1 aliphatic rings. The van der Waals surface area contributed by atoms with E-state index in [1.807, 2.05) is 0 Å². The topological polar surface area (TPSA) is 66.6 Å². The summed E-state index contributed by atoms with van der Waals surface area (Å²) >= 11 is 3.20. The van der Waals surface area contributed by atoms with Crippen molar-refractivity contribution in [2.24, 2.45) is 0 Å². The Morgan fingerprint density at radius 3 is 2.70 bits per heavy atom. The van der Waals surface area contributed by atoms with Crippen LogP contribution in [0, 0.1) is 5.82 Å². The fourth-order valence-electron chi connectivity index (χ4n) is 2.66. The van der Waals surface area contributed by atoms with E-state index >= 15 is 0 Å². The first-order valence-electron chi connectivity index (χ1n) is 6.71. The Labute approximate surface area is 125 Å². The number of halogens is 2. The number of benzene rings is 1. The van der Waals surface area contributed by atoms with Crippen molar-refractivity contribution >= 4 is 27.5 Å². The average Bonchev–Trinajstić information content (AvgIpc) is 2.93. The van der Waals surface area contributed by atoms with Gasteiger partial charge in [-0.3, -0.25) is 4.79 Å². The van der Waals surface area contributed by atoms with E-state index in [0.29, 0.717) is 10.0 Å². The van der Waals surface area contributed by atoms with Gasteiger partial charge in [-0.1, -0.05) is 12.8 Å². The van der Waals surface area contributed by atoms with Gasteiger partial charge in [0.25, 0.3) is 5.91 Å². The van der Waals surface area contributed by atoms with E-state index in [2.05, 4.69) is 15.9 Å². The number of rotatable bonds is 4. The molecule has 20 heavy (non-hydrogen) atoms. The summed E-state index contributed by atoms with van der Waals surface area (Å²) in [5, 5.41) is 9.17. The molecule has 1 fully saturated rings. The third kappa shape index (κ3) is 3.12. The summed E-state index contributed by atoms with van der Waals surface area (Å²) in [7, 11) is 0. The number of carbonyl (C=O) groups is 1. The van der Waals surface area contributed by atoms with Crippen molar-refractivity contribution in [3.63, 3.8) is 0 Å². The van der Waals surface area contributed by atoms with Crippen LogP contribution in [0.25, 0.3) is 0 Å². The summed E-state index contributed by atoms with van der Waals surface area (Å²) in [5.74, 6) is -0.771. The lowest BCUT2D eigenvalue weighted by molar-refractivity contribution is 0.0637. The molecule has 4 nitrogen and oxygen atoms in total. The average molecular weight is 345 g/mol. The third-order valence-corrected chi connectivity index (χ3v) is 4.34. The van der Waals surface area contributed by atoms with E-state index in [1.54, 1.807) is 4.90 Å². The van der Waals surface area contributed by atoms with Crippen LogP contribution in [0.15, 0.2) is 16.6 Å². The number of anilines is 1. The number of hydrogen-bond donors (Lipinski definition) is 2. The van der Waals surface area contributed by atoms with Crippen molar-refractivity contribution in [3.8, 4) is 0 Å². The third-order valence-electron chi connectivity index (χ3n) is 3.68. The lowest BCUT2D eigenvalue weighted by Crippen LogP contribution is -2.41. The lowest BCUT2D eigenvalue weighted by atomic mass is 10.1. The predicted molar refractivity (Wildman–Crippen MR) is 78.9 cm³/mol. The first-order chi connectivity index (χ1) is 9.54. The maximum Gasteiger partial charge on any atom is 0.255 e. The first kappa shape index (κ1) is 15.3. The molecule has 1 aliphatic carbocycles. The predicted octanol–water partition coefficient (Wildman–Crippen LogP) is 2.55. The first-order valence-corrected chi connectivity index (χ1v) is 7.50. The Balaban J connectivity index is 2.29. The Morgan fingerprint density at radius 1 is 1.45 bits per heavy atom. The van der Waals surface area contributed by atoms with Crippen LogP contribution in [0.5, 0.6) is 0 Å². The molecule has 0 unspecified atom stereocenters. The quantitative estimate of drug-likeness (QED) is 0.825. The largest absolute Gasteiger partial charge is 0.396 e. The van der Waals surface area contributed by atoms with E-state index in [0.717, 1.165) is 25.7 Å². The van der Waals surface area contributed by atoms with Gasteiger partial charge in [0, 0.05) is 17.1 Å². The molecule has 0 bridgehead atoms. The van der Waals surface area contributed by atoms with Crippen LogP contribution in [0.1, 0.15) is 36.0 Å². The molecule has 1 aromatic rings. The van der Waals surface area contributed by atoms with E-state index in [1.165, 1.54) is 12.1 Å². The summed E-state index contributed by atoms with van der Waals surface area (Å²) < 4.78 is 13.7. The molecule has 0 aromatic heterocycles. The summed E-state index contributed by atoms with van der Waals surface area (Å²) in [6, 6.07) is 2.70. The Bertz CT molecular complexity index is 504. The van der Waals surface area contributed by atoms with Gasteiger partial charge in [0.1, 0.15) is 5.82 Å². The minimum absolute atomic E-state index is 0.0491. The summed E-state index contributed by atoms with van der Waals surface area (Å²) in [6.45, 7) is 0.198. The molecule has 0 aliphatic heterocycles. The molecule has 0 spiro atoms. The zero-order chi connectivity index (χ0) is 14.7. The number of carbonyl (C=O) groups excluding carboxylic acids is 1. The number of nitrogens with zero attached hydrogens (tertiary/aromatic N) is 1. The zero-order valence-electron chi connectivity index (χ0n) is 11.1. The number of amides is 1. The van der Waals surface area contributed by atoms with E-state index < -0.39 is 5.82 Å². The zero-order valence-corrected chi connectivity index (χ0v) is 12.7. The molecule has 1 amide bonds. The molecule has 2 rings (SSSR count). The molecular weight excluding hydrogens is 327 g/mol. The van der Waals surface area contributed by atoms with Crippen molar-refractivity contribution in [1.82, 2.24) is 4.90 Å². The molecule has 110 valence electrons. The number of nitrogens with two attached hydrogens (primary N) is 1. The van der Waals surface area contributed by atoms with Crippen LogP contribution in [0.2, 0.25) is 0 Å². The van der Waals surface area contributed by atoms with Gasteiger partial charge in [0.2, 0.25) is 0 Å². The molecule has 0 heterocycles. The van der Waals surface area contributed by atoms with Crippen LogP contribution in [0.3, 0.4) is 0 Å². The van der Waals surface area contributed by atoms with E-state index in [4.69, 9.17) is 5.73 Å². The summed E-state index contributed by atoms with van der Waals surface area (Å²) in [4.78, 5) is 14.3. The van der Waals surface area contributed by atoms with Gasteiger partial charge in [0.15, 0.2) is 0 Å². The molecule has 1 saturated carbocycles. The van der Waals surface area contributed by atoms with E-state index in [9.17, 15) is 14.3 Å². The van der Waals surface area contributed by atoms with Gasteiger partial charge in [-0.15, -0.1) is 0 Å². The van der Waals surface area contributed by atoms with Gasteiger partial charge in [-0.25, -0.2) is 4.39 Å². The maximum atomic E-state index is 13.4. The minimum atomic E-state index is -0.553. The van der Waals surface area contributed by atoms with Crippen molar-refractivity contribution in [1.29, 1.82) is 0 Å².